The Kier molecular flexibility index (Phi) is 8.70. The highest BCUT2D eigenvalue weighted by Gasteiger charge is 2.28. The number of likely N-dealkylation sites (tertiary alicyclic amines) is 2. The minimum atomic E-state index is -0.0554. The molecule has 6 heteroatoms. The van der Waals surface area contributed by atoms with Crippen molar-refractivity contribution in [1.29, 1.82) is 0 Å². The van der Waals surface area contributed by atoms with Gasteiger partial charge in [-0.2, -0.15) is 0 Å². The predicted molar refractivity (Wildman–Crippen MR) is 116 cm³/mol. The van der Waals surface area contributed by atoms with E-state index in [0.29, 0.717) is 13.2 Å². The standard InChI is InChI=1S/C24H36N2O4/c1-3-29-23(27)21-7-5-13-25(17-21)15-19-9-11-20(12-10-19)16-26-14-6-8-22(18-26)24(28)30-4-2/h9-12,21-22H,3-8,13-18H2,1-2H3. The fourth-order valence-corrected chi connectivity index (χ4v) is 4.57. The lowest BCUT2D eigenvalue weighted by Crippen LogP contribution is -2.39. The van der Waals surface area contributed by atoms with Crippen LogP contribution in [-0.4, -0.2) is 61.1 Å². The van der Waals surface area contributed by atoms with Crippen molar-refractivity contribution in [2.45, 2.75) is 52.6 Å². The summed E-state index contributed by atoms with van der Waals surface area (Å²) in [4.78, 5) is 28.8. The van der Waals surface area contributed by atoms with Crippen molar-refractivity contribution in [3.8, 4) is 0 Å². The van der Waals surface area contributed by atoms with Crippen LogP contribution in [0.2, 0.25) is 0 Å². The molecule has 1 aromatic carbocycles. The number of carbonyl (C=O) groups excluding carboxylic acids is 2. The van der Waals surface area contributed by atoms with Gasteiger partial charge < -0.3 is 9.47 Å². The molecule has 2 aliphatic rings. The molecule has 2 aliphatic heterocycles. The van der Waals surface area contributed by atoms with Gasteiger partial charge in [0, 0.05) is 26.2 Å². The molecule has 0 radical (unpaired) electrons. The van der Waals surface area contributed by atoms with Gasteiger partial charge in [0.25, 0.3) is 0 Å². The van der Waals surface area contributed by atoms with Gasteiger partial charge in [0.15, 0.2) is 0 Å². The van der Waals surface area contributed by atoms with Crippen LogP contribution < -0.4 is 0 Å². The van der Waals surface area contributed by atoms with Gasteiger partial charge in [0.1, 0.15) is 0 Å². The molecule has 0 amide bonds. The molecule has 0 spiro atoms. The molecule has 6 nitrogen and oxygen atoms in total. The number of hydrogen-bond donors (Lipinski definition) is 0. The summed E-state index contributed by atoms with van der Waals surface area (Å²) in [5, 5.41) is 0. The van der Waals surface area contributed by atoms with Crippen molar-refractivity contribution >= 4 is 11.9 Å². The Morgan fingerprint density at radius 2 is 1.20 bits per heavy atom. The minimum absolute atomic E-state index is 0.00409. The maximum atomic E-state index is 12.0. The summed E-state index contributed by atoms with van der Waals surface area (Å²) < 4.78 is 10.4. The quantitative estimate of drug-likeness (QED) is 0.607. The van der Waals surface area contributed by atoms with Crippen molar-refractivity contribution in [1.82, 2.24) is 9.80 Å². The second-order valence-electron chi connectivity index (χ2n) is 8.47. The summed E-state index contributed by atoms with van der Waals surface area (Å²) in [6, 6.07) is 8.76. The van der Waals surface area contributed by atoms with Crippen molar-refractivity contribution < 1.29 is 19.1 Å². The molecule has 0 N–H and O–H groups in total. The van der Waals surface area contributed by atoms with E-state index in [2.05, 4.69) is 34.1 Å². The summed E-state index contributed by atoms with van der Waals surface area (Å²) in [6.45, 7) is 9.98. The van der Waals surface area contributed by atoms with Crippen LogP contribution in [0.15, 0.2) is 24.3 Å². The monoisotopic (exact) mass is 416 g/mol. The minimum Gasteiger partial charge on any atom is -0.466 e. The van der Waals surface area contributed by atoms with E-state index in [1.54, 1.807) is 0 Å². The molecule has 2 unspecified atom stereocenters. The maximum Gasteiger partial charge on any atom is 0.310 e. The largest absolute Gasteiger partial charge is 0.466 e. The number of nitrogens with zero attached hydrogens (tertiary/aromatic N) is 2. The van der Waals surface area contributed by atoms with E-state index in [1.165, 1.54) is 11.1 Å². The van der Waals surface area contributed by atoms with Gasteiger partial charge in [-0.1, -0.05) is 24.3 Å². The molecule has 3 rings (SSSR count). The zero-order valence-corrected chi connectivity index (χ0v) is 18.5. The van der Waals surface area contributed by atoms with Crippen molar-refractivity contribution in [2.24, 2.45) is 11.8 Å². The number of piperidine rings is 2. The van der Waals surface area contributed by atoms with E-state index in [9.17, 15) is 9.59 Å². The molecular formula is C24H36N2O4. The molecule has 0 bridgehead atoms. The molecule has 2 atom stereocenters. The molecule has 0 aliphatic carbocycles. The van der Waals surface area contributed by atoms with Crippen LogP contribution >= 0.6 is 0 Å². The van der Waals surface area contributed by atoms with Crippen LogP contribution in [0.3, 0.4) is 0 Å². The van der Waals surface area contributed by atoms with Crippen LogP contribution in [0.5, 0.6) is 0 Å². The van der Waals surface area contributed by atoms with Gasteiger partial charge >= 0.3 is 11.9 Å². The second-order valence-corrected chi connectivity index (χ2v) is 8.47. The highest BCUT2D eigenvalue weighted by Crippen LogP contribution is 2.22. The van der Waals surface area contributed by atoms with Crippen LogP contribution in [-0.2, 0) is 32.2 Å². The van der Waals surface area contributed by atoms with Gasteiger partial charge in [-0.3, -0.25) is 19.4 Å². The first-order valence-electron chi connectivity index (χ1n) is 11.4. The van der Waals surface area contributed by atoms with Crippen molar-refractivity contribution in [3.05, 3.63) is 35.4 Å². The highest BCUT2D eigenvalue weighted by molar-refractivity contribution is 5.73. The van der Waals surface area contributed by atoms with E-state index in [-0.39, 0.29) is 23.8 Å². The zero-order valence-electron chi connectivity index (χ0n) is 18.5. The van der Waals surface area contributed by atoms with Gasteiger partial charge in [-0.15, -0.1) is 0 Å². The van der Waals surface area contributed by atoms with Crippen LogP contribution in [0.1, 0.15) is 50.7 Å². The predicted octanol–water partition coefficient (Wildman–Crippen LogP) is 3.24. The molecule has 2 saturated heterocycles. The molecule has 1 aromatic rings. The highest BCUT2D eigenvalue weighted by atomic mass is 16.5. The average molecular weight is 417 g/mol. The van der Waals surface area contributed by atoms with Gasteiger partial charge in [0.2, 0.25) is 0 Å². The number of benzene rings is 1. The van der Waals surface area contributed by atoms with E-state index >= 15 is 0 Å². The van der Waals surface area contributed by atoms with Crippen molar-refractivity contribution in [2.75, 3.05) is 39.4 Å². The smallest absolute Gasteiger partial charge is 0.310 e. The second kappa shape index (κ2) is 11.5. The molecule has 0 aromatic heterocycles. The number of carbonyl (C=O) groups is 2. The van der Waals surface area contributed by atoms with Gasteiger partial charge in [-0.05, 0) is 63.7 Å². The Bertz CT molecular complexity index is 632. The Morgan fingerprint density at radius 3 is 1.57 bits per heavy atom. The Balaban J connectivity index is 1.49. The average Bonchev–Trinajstić information content (AvgIpc) is 2.76. The van der Waals surface area contributed by atoms with E-state index in [0.717, 1.165) is 65.0 Å². The van der Waals surface area contributed by atoms with Crippen LogP contribution in [0, 0.1) is 11.8 Å². The third-order valence-electron chi connectivity index (χ3n) is 6.09. The van der Waals surface area contributed by atoms with E-state index < -0.39 is 0 Å². The summed E-state index contributed by atoms with van der Waals surface area (Å²) in [5.74, 6) is -0.103. The third-order valence-corrected chi connectivity index (χ3v) is 6.09. The summed E-state index contributed by atoms with van der Waals surface area (Å²) >= 11 is 0. The topological polar surface area (TPSA) is 59.1 Å². The first kappa shape index (κ1) is 22.8. The van der Waals surface area contributed by atoms with Gasteiger partial charge in [0.05, 0.1) is 25.0 Å². The summed E-state index contributed by atoms with van der Waals surface area (Å²) in [5.41, 5.74) is 2.54. The molecule has 0 saturated carbocycles. The first-order valence-corrected chi connectivity index (χ1v) is 11.4. The maximum absolute atomic E-state index is 12.0. The normalized spacial score (nSPS) is 23.1. The Morgan fingerprint density at radius 1 is 0.800 bits per heavy atom. The Labute approximate surface area is 180 Å². The number of rotatable bonds is 8. The fourth-order valence-electron chi connectivity index (χ4n) is 4.57. The number of hydrogen-bond acceptors (Lipinski definition) is 6. The Hall–Kier alpha value is -1.92. The van der Waals surface area contributed by atoms with E-state index in [4.69, 9.17) is 9.47 Å². The van der Waals surface area contributed by atoms with E-state index in [1.807, 2.05) is 13.8 Å². The number of ether oxygens (including phenoxy) is 2. The first-order chi connectivity index (χ1) is 14.6. The lowest BCUT2D eigenvalue weighted by molar-refractivity contribution is -0.150. The summed E-state index contributed by atoms with van der Waals surface area (Å²) in [6.07, 6.45) is 3.93. The van der Waals surface area contributed by atoms with Crippen LogP contribution in [0.4, 0.5) is 0 Å². The number of esters is 2. The van der Waals surface area contributed by atoms with Crippen LogP contribution in [0.25, 0.3) is 0 Å². The fraction of sp³-hybridized carbons (Fsp3) is 0.667. The van der Waals surface area contributed by atoms with Gasteiger partial charge in [-0.25, -0.2) is 0 Å². The molecular weight excluding hydrogens is 380 g/mol. The third kappa shape index (κ3) is 6.54. The molecule has 30 heavy (non-hydrogen) atoms. The SMILES string of the molecule is CCOC(=O)C1CCCN(Cc2ccc(CN3CCCC(C(=O)OCC)C3)cc2)C1. The zero-order chi connectivity index (χ0) is 21.3. The lowest BCUT2D eigenvalue weighted by atomic mass is 9.97. The molecule has 2 fully saturated rings. The van der Waals surface area contributed by atoms with Crippen molar-refractivity contribution in [3.63, 3.8) is 0 Å². The molecule has 166 valence electrons. The summed E-state index contributed by atoms with van der Waals surface area (Å²) in [7, 11) is 0. The molecule has 2 heterocycles. The lowest BCUT2D eigenvalue weighted by Gasteiger charge is -2.32.